The summed E-state index contributed by atoms with van der Waals surface area (Å²) in [6.07, 6.45) is 1.63. The summed E-state index contributed by atoms with van der Waals surface area (Å²) in [5.41, 5.74) is 1.06. The Hall–Kier alpha value is -3.94. The molecule has 0 aliphatic heterocycles. The van der Waals surface area contributed by atoms with E-state index in [1.807, 2.05) is 55.5 Å². The molecule has 0 bridgehead atoms. The third kappa shape index (κ3) is 3.79. The maximum Gasteiger partial charge on any atom is 0.338 e. The van der Waals surface area contributed by atoms with Crippen LogP contribution in [0.4, 0.5) is 0 Å². The minimum atomic E-state index is -0.661. The van der Waals surface area contributed by atoms with Crippen molar-refractivity contribution in [1.82, 2.24) is 9.97 Å². The van der Waals surface area contributed by atoms with Crippen LogP contribution in [0.25, 0.3) is 42.1 Å². The van der Waals surface area contributed by atoms with E-state index in [-0.39, 0.29) is 12.3 Å². The molecule has 4 aromatic rings. The number of carbonyl (C=O) groups is 1. The fraction of sp³-hybridized carbons (Fsp3) is 0.167. The third-order valence-electron chi connectivity index (χ3n) is 4.83. The number of fused-ring (bicyclic) bond motifs is 2. The Morgan fingerprint density at radius 2 is 1.77 bits per heavy atom. The van der Waals surface area contributed by atoms with Crippen LogP contribution in [0.15, 0.2) is 48.5 Å². The molecule has 0 aliphatic rings. The summed E-state index contributed by atoms with van der Waals surface area (Å²) in [7, 11) is 0. The van der Waals surface area contributed by atoms with Gasteiger partial charge in [-0.3, -0.25) is 4.79 Å². The SMILES string of the molecule is [C-]#[N+]C(C(=O)OCCCC)=c1[nH]/c(=C(/[N+]#[C-])c2nc3ccccc3s2)c2ccccc12. The second-order valence-electron chi connectivity index (χ2n) is 6.82. The van der Waals surface area contributed by atoms with Gasteiger partial charge < -0.3 is 9.72 Å². The molecule has 31 heavy (non-hydrogen) atoms. The van der Waals surface area contributed by atoms with Gasteiger partial charge in [-0.25, -0.2) is 14.7 Å². The van der Waals surface area contributed by atoms with Crippen LogP contribution in [0.1, 0.15) is 24.8 Å². The van der Waals surface area contributed by atoms with E-state index < -0.39 is 5.97 Å². The van der Waals surface area contributed by atoms with Gasteiger partial charge in [0.2, 0.25) is 5.70 Å². The van der Waals surface area contributed by atoms with Crippen LogP contribution in [0, 0.1) is 13.1 Å². The third-order valence-corrected chi connectivity index (χ3v) is 5.88. The largest absolute Gasteiger partial charge is 0.471 e. The summed E-state index contributed by atoms with van der Waals surface area (Å²) in [5.74, 6) is -0.661. The predicted molar refractivity (Wildman–Crippen MR) is 122 cm³/mol. The number of para-hydroxylation sites is 1. The molecule has 0 radical (unpaired) electrons. The topological polar surface area (TPSA) is 63.7 Å². The Labute approximate surface area is 182 Å². The van der Waals surface area contributed by atoms with Crippen LogP contribution in [0.3, 0.4) is 0 Å². The van der Waals surface area contributed by atoms with E-state index in [1.165, 1.54) is 11.3 Å². The molecule has 0 amide bonds. The van der Waals surface area contributed by atoms with Gasteiger partial charge in [-0.05, 0) is 29.3 Å². The number of rotatable bonds is 5. The molecular weight excluding hydrogens is 408 g/mol. The Morgan fingerprint density at radius 3 is 2.45 bits per heavy atom. The number of unbranched alkanes of at least 4 members (excludes halogenated alkanes) is 1. The molecule has 6 nitrogen and oxygen atoms in total. The van der Waals surface area contributed by atoms with E-state index in [0.717, 1.165) is 28.4 Å². The standard InChI is InChI=1S/C24H18N4O2S/c1-4-5-14-30-24(29)22(26-3)20-16-11-7-6-10-15(16)19(28-20)21(25-2)23-27-17-12-8-9-13-18(17)31-23/h6-13,28H,4-5,14H2,1H3/b21-19+,22-20?. The first-order valence-electron chi connectivity index (χ1n) is 9.81. The first kappa shape index (κ1) is 20.3. The molecule has 0 spiro atoms. The van der Waals surface area contributed by atoms with Gasteiger partial charge in [-0.15, -0.1) is 11.3 Å². The molecule has 0 fully saturated rings. The Morgan fingerprint density at radius 1 is 1.06 bits per heavy atom. The summed E-state index contributed by atoms with van der Waals surface area (Å²) in [6.45, 7) is 17.7. The summed E-state index contributed by atoms with van der Waals surface area (Å²) in [4.78, 5) is 27.6. The molecule has 1 N–H and O–H groups in total. The fourth-order valence-corrected chi connectivity index (χ4v) is 4.28. The van der Waals surface area contributed by atoms with E-state index in [2.05, 4.69) is 19.7 Å². The van der Waals surface area contributed by atoms with Crippen molar-refractivity contribution < 1.29 is 9.53 Å². The average Bonchev–Trinajstić information content (AvgIpc) is 3.38. The average molecular weight is 427 g/mol. The molecule has 2 aromatic carbocycles. The molecule has 0 atom stereocenters. The minimum Gasteiger partial charge on any atom is -0.471 e. The van der Waals surface area contributed by atoms with Crippen LogP contribution in [0.5, 0.6) is 0 Å². The van der Waals surface area contributed by atoms with Gasteiger partial charge in [0.1, 0.15) is 5.01 Å². The zero-order valence-corrected chi connectivity index (χ0v) is 17.6. The summed E-state index contributed by atoms with van der Waals surface area (Å²) < 4.78 is 6.26. The Bertz CT molecular complexity index is 1470. The van der Waals surface area contributed by atoms with Crippen LogP contribution in [-0.2, 0) is 9.53 Å². The summed E-state index contributed by atoms with van der Waals surface area (Å²) >= 11 is 1.44. The molecule has 0 aliphatic carbocycles. The van der Waals surface area contributed by atoms with Crippen LogP contribution < -0.4 is 10.7 Å². The molecule has 0 saturated heterocycles. The lowest BCUT2D eigenvalue weighted by Gasteiger charge is -2.02. The van der Waals surface area contributed by atoms with Crippen LogP contribution in [-0.4, -0.2) is 22.5 Å². The van der Waals surface area contributed by atoms with Crippen molar-refractivity contribution >= 4 is 49.7 Å². The molecule has 0 saturated carbocycles. The first-order chi connectivity index (χ1) is 15.2. The van der Waals surface area contributed by atoms with Gasteiger partial charge in [0.15, 0.2) is 0 Å². The summed E-state index contributed by atoms with van der Waals surface area (Å²) in [6, 6.07) is 15.1. The highest BCUT2D eigenvalue weighted by Crippen LogP contribution is 2.26. The highest BCUT2D eigenvalue weighted by atomic mass is 32.1. The number of esters is 1. The number of aromatic nitrogens is 2. The van der Waals surface area contributed by atoms with Gasteiger partial charge in [-0.1, -0.05) is 49.7 Å². The number of hydrogen-bond donors (Lipinski definition) is 1. The zero-order valence-electron chi connectivity index (χ0n) is 16.8. The molecule has 2 heterocycles. The normalized spacial score (nSPS) is 12.9. The number of carbonyl (C=O) groups excluding carboxylic acids is 1. The van der Waals surface area contributed by atoms with Crippen molar-refractivity contribution in [1.29, 1.82) is 0 Å². The fourth-order valence-electron chi connectivity index (χ4n) is 3.32. The number of ether oxygens (including phenoxy) is 1. The number of nitrogens with zero attached hydrogens (tertiary/aromatic N) is 3. The molecule has 0 unspecified atom stereocenters. The smallest absolute Gasteiger partial charge is 0.338 e. The number of aromatic amines is 1. The van der Waals surface area contributed by atoms with E-state index in [9.17, 15) is 4.79 Å². The number of benzene rings is 2. The number of H-pyrrole nitrogens is 1. The second-order valence-corrected chi connectivity index (χ2v) is 7.85. The molecule has 2 aromatic heterocycles. The van der Waals surface area contributed by atoms with Crippen molar-refractivity contribution in [2.75, 3.05) is 6.61 Å². The lowest BCUT2D eigenvalue weighted by Crippen LogP contribution is -2.19. The monoisotopic (exact) mass is 426 g/mol. The van der Waals surface area contributed by atoms with Gasteiger partial charge in [0, 0.05) is 0 Å². The van der Waals surface area contributed by atoms with E-state index >= 15 is 0 Å². The maximum atomic E-state index is 12.6. The Kier molecular flexibility index (Phi) is 5.79. The van der Waals surface area contributed by atoms with Crippen molar-refractivity contribution in [2.45, 2.75) is 19.8 Å². The van der Waals surface area contributed by atoms with Gasteiger partial charge in [0.25, 0.3) is 5.70 Å². The molecular formula is C24H18N4O2S. The summed E-state index contributed by atoms with van der Waals surface area (Å²) in [5, 5.41) is 2.94. The predicted octanol–water partition coefficient (Wildman–Crippen LogP) is 4.22. The van der Waals surface area contributed by atoms with E-state index in [0.29, 0.717) is 26.8 Å². The minimum absolute atomic E-state index is 0.118. The van der Waals surface area contributed by atoms with E-state index in [4.69, 9.17) is 17.9 Å². The van der Waals surface area contributed by atoms with Crippen molar-refractivity contribution in [2.24, 2.45) is 0 Å². The molecule has 152 valence electrons. The number of thiazole rings is 1. The lowest BCUT2D eigenvalue weighted by atomic mass is 10.2. The van der Waals surface area contributed by atoms with Crippen molar-refractivity contribution in [3.05, 3.63) is 87.1 Å². The van der Waals surface area contributed by atoms with Gasteiger partial charge in [0.05, 0.1) is 40.7 Å². The highest BCUT2D eigenvalue weighted by molar-refractivity contribution is 7.19. The van der Waals surface area contributed by atoms with Crippen molar-refractivity contribution in [3.63, 3.8) is 0 Å². The quantitative estimate of drug-likeness (QED) is 0.295. The van der Waals surface area contributed by atoms with Crippen LogP contribution in [0.2, 0.25) is 0 Å². The maximum absolute atomic E-state index is 12.6. The second kappa shape index (κ2) is 8.83. The Balaban J connectivity index is 2.01. The lowest BCUT2D eigenvalue weighted by molar-refractivity contribution is -0.136. The molecule has 7 heteroatoms. The zero-order chi connectivity index (χ0) is 21.8. The molecule has 4 rings (SSSR count). The first-order valence-corrected chi connectivity index (χ1v) is 10.6. The number of nitrogens with one attached hydrogen (secondary N) is 1. The van der Waals surface area contributed by atoms with Crippen LogP contribution >= 0.6 is 11.3 Å². The highest BCUT2D eigenvalue weighted by Gasteiger charge is 2.18. The van der Waals surface area contributed by atoms with Crippen molar-refractivity contribution in [3.8, 4) is 0 Å². The van der Waals surface area contributed by atoms with Gasteiger partial charge >= 0.3 is 5.97 Å². The van der Waals surface area contributed by atoms with Gasteiger partial charge in [-0.2, -0.15) is 0 Å². The number of hydrogen-bond acceptors (Lipinski definition) is 4. The van der Waals surface area contributed by atoms with E-state index in [1.54, 1.807) is 0 Å².